The minimum Gasteiger partial charge on any atom is -0.497 e. The first-order valence-electron chi connectivity index (χ1n) is 10.4. The van der Waals surface area contributed by atoms with Crippen molar-refractivity contribution in [3.05, 3.63) is 132 Å². The minimum atomic E-state index is -3.26. The van der Waals surface area contributed by atoms with E-state index in [0.29, 0.717) is 16.3 Å². The normalized spacial score (nSPS) is 12.1. The van der Waals surface area contributed by atoms with Crippen LogP contribution in [0.5, 0.6) is 5.75 Å². The van der Waals surface area contributed by atoms with Gasteiger partial charge in [-0.2, -0.15) is 0 Å². The van der Waals surface area contributed by atoms with E-state index in [2.05, 4.69) is 0 Å². The number of rotatable bonds is 7. The molecule has 4 heteroatoms. The Morgan fingerprint density at radius 1 is 0.719 bits per heavy atom. The lowest BCUT2D eigenvalue weighted by molar-refractivity contribution is 0.415. The molecule has 0 atom stereocenters. The number of methoxy groups -OCH3 is 1. The van der Waals surface area contributed by atoms with Crippen LogP contribution in [-0.2, 0) is 4.57 Å². The molecule has 0 aliphatic rings. The van der Waals surface area contributed by atoms with Crippen molar-refractivity contribution in [2.45, 2.75) is 0 Å². The van der Waals surface area contributed by atoms with Gasteiger partial charge in [0, 0.05) is 16.2 Å². The molecule has 0 unspecified atom stereocenters. The van der Waals surface area contributed by atoms with Gasteiger partial charge in [0.25, 0.3) is 0 Å². The molecule has 4 rings (SSSR count). The van der Waals surface area contributed by atoms with Crippen LogP contribution in [0.2, 0.25) is 0 Å². The highest BCUT2D eigenvalue weighted by molar-refractivity contribution is 7.77. The van der Waals surface area contributed by atoms with Crippen LogP contribution in [0.15, 0.2) is 126 Å². The SMILES string of the molecule is COc1ccc(/C=C/C(=N/P(=O)(c2ccccc2)c2ccccc2)c2ccccc2)cc1. The van der Waals surface area contributed by atoms with Gasteiger partial charge in [-0.25, -0.2) is 4.76 Å². The Balaban J connectivity index is 1.85. The third-order valence-corrected chi connectivity index (χ3v) is 7.57. The Morgan fingerprint density at radius 2 is 1.22 bits per heavy atom. The van der Waals surface area contributed by atoms with Crippen molar-refractivity contribution in [1.29, 1.82) is 0 Å². The van der Waals surface area contributed by atoms with Crippen LogP contribution in [0.1, 0.15) is 11.1 Å². The molecule has 4 aromatic carbocycles. The first-order chi connectivity index (χ1) is 15.7. The molecule has 32 heavy (non-hydrogen) atoms. The Bertz CT molecular complexity index is 1210. The summed E-state index contributed by atoms with van der Waals surface area (Å²) in [5.74, 6) is 0.803. The van der Waals surface area contributed by atoms with E-state index in [1.165, 1.54) is 0 Å². The molecule has 0 aliphatic carbocycles. The summed E-state index contributed by atoms with van der Waals surface area (Å²) in [5.41, 5.74) is 2.57. The molecule has 0 bridgehead atoms. The summed E-state index contributed by atoms with van der Waals surface area (Å²) in [4.78, 5) is 0. The topological polar surface area (TPSA) is 38.7 Å². The summed E-state index contributed by atoms with van der Waals surface area (Å²) >= 11 is 0. The second kappa shape index (κ2) is 10.1. The first kappa shape index (κ1) is 21.5. The van der Waals surface area contributed by atoms with E-state index in [9.17, 15) is 4.57 Å². The van der Waals surface area contributed by atoms with E-state index in [0.717, 1.165) is 16.9 Å². The van der Waals surface area contributed by atoms with Crippen molar-refractivity contribution in [1.82, 2.24) is 0 Å². The van der Waals surface area contributed by atoms with E-state index in [1.54, 1.807) is 7.11 Å². The van der Waals surface area contributed by atoms with Crippen LogP contribution < -0.4 is 15.3 Å². The highest BCUT2D eigenvalue weighted by Gasteiger charge is 2.27. The van der Waals surface area contributed by atoms with Gasteiger partial charge in [-0.15, -0.1) is 0 Å². The molecule has 0 saturated heterocycles. The summed E-state index contributed by atoms with van der Waals surface area (Å²) in [7, 11) is -1.61. The molecule has 0 fully saturated rings. The average molecular weight is 437 g/mol. The lowest BCUT2D eigenvalue weighted by Gasteiger charge is -2.16. The molecule has 4 aromatic rings. The summed E-state index contributed by atoms with van der Waals surface area (Å²) in [5, 5.41) is 1.41. The van der Waals surface area contributed by atoms with Crippen molar-refractivity contribution in [2.75, 3.05) is 7.11 Å². The molecule has 0 saturated carbocycles. The van der Waals surface area contributed by atoms with Crippen molar-refractivity contribution < 1.29 is 9.30 Å². The standard InChI is InChI=1S/C28H24NO2P/c1-31-25-20-17-23(18-21-25)19-22-28(24-11-5-2-6-12-24)29-32(30,26-13-7-3-8-14-26)27-15-9-4-10-16-27/h2-22H,1H3/b22-19+,29-28-. The van der Waals surface area contributed by atoms with Gasteiger partial charge >= 0.3 is 0 Å². The van der Waals surface area contributed by atoms with Gasteiger partial charge in [0.05, 0.1) is 12.8 Å². The average Bonchev–Trinajstić information content (AvgIpc) is 2.88. The predicted octanol–water partition coefficient (Wildman–Crippen LogP) is 6.13. The van der Waals surface area contributed by atoms with Crippen LogP contribution in [0.4, 0.5) is 0 Å². The fraction of sp³-hybridized carbons (Fsp3) is 0.0357. The molecule has 0 amide bonds. The maximum absolute atomic E-state index is 14.5. The highest BCUT2D eigenvalue weighted by atomic mass is 31.2. The lowest BCUT2D eigenvalue weighted by atomic mass is 10.1. The van der Waals surface area contributed by atoms with Crippen LogP contribution >= 0.6 is 7.29 Å². The molecule has 0 aliphatic heterocycles. The third-order valence-electron chi connectivity index (χ3n) is 5.08. The van der Waals surface area contributed by atoms with Gasteiger partial charge in [0.1, 0.15) is 5.75 Å². The fourth-order valence-electron chi connectivity index (χ4n) is 3.36. The van der Waals surface area contributed by atoms with Gasteiger partial charge in [0.2, 0.25) is 7.29 Å². The fourth-order valence-corrected chi connectivity index (χ4v) is 5.53. The van der Waals surface area contributed by atoms with Gasteiger partial charge < -0.3 is 4.74 Å². The van der Waals surface area contributed by atoms with Gasteiger partial charge in [-0.1, -0.05) is 84.9 Å². The van der Waals surface area contributed by atoms with E-state index >= 15 is 0 Å². The third kappa shape index (κ3) is 4.96. The zero-order chi connectivity index (χ0) is 22.2. The number of allylic oxidation sites excluding steroid dienone is 1. The predicted molar refractivity (Wildman–Crippen MR) is 135 cm³/mol. The lowest BCUT2D eigenvalue weighted by Crippen LogP contribution is -2.15. The second-order valence-electron chi connectivity index (χ2n) is 7.20. The molecule has 0 radical (unpaired) electrons. The van der Waals surface area contributed by atoms with Gasteiger partial charge in [-0.05, 0) is 48.0 Å². The van der Waals surface area contributed by atoms with Crippen molar-refractivity contribution >= 4 is 29.7 Å². The number of benzene rings is 4. The molecular weight excluding hydrogens is 413 g/mol. The van der Waals surface area contributed by atoms with E-state index in [1.807, 2.05) is 127 Å². The summed E-state index contributed by atoms with van der Waals surface area (Å²) in [6, 6.07) is 36.6. The van der Waals surface area contributed by atoms with Crippen molar-refractivity contribution in [3.8, 4) is 5.75 Å². The summed E-state index contributed by atoms with van der Waals surface area (Å²) < 4.78 is 24.6. The monoisotopic (exact) mass is 437 g/mol. The Kier molecular flexibility index (Phi) is 6.79. The smallest absolute Gasteiger partial charge is 0.247 e. The Morgan fingerprint density at radius 3 is 1.72 bits per heavy atom. The number of ether oxygens (including phenoxy) is 1. The molecule has 0 N–H and O–H groups in total. The highest BCUT2D eigenvalue weighted by Crippen LogP contribution is 2.45. The second-order valence-corrected chi connectivity index (χ2v) is 9.59. The zero-order valence-corrected chi connectivity index (χ0v) is 18.7. The number of hydrogen-bond donors (Lipinski definition) is 0. The molecule has 0 heterocycles. The van der Waals surface area contributed by atoms with Crippen molar-refractivity contribution in [2.24, 2.45) is 4.76 Å². The first-order valence-corrected chi connectivity index (χ1v) is 12.0. The molecule has 3 nitrogen and oxygen atoms in total. The molecule has 158 valence electrons. The maximum Gasteiger partial charge on any atom is 0.247 e. The Labute approximate surface area is 189 Å². The van der Waals surface area contributed by atoms with Crippen LogP contribution in [-0.4, -0.2) is 12.8 Å². The van der Waals surface area contributed by atoms with Crippen molar-refractivity contribution in [3.63, 3.8) is 0 Å². The quantitative estimate of drug-likeness (QED) is 0.258. The van der Waals surface area contributed by atoms with Crippen LogP contribution in [0.25, 0.3) is 6.08 Å². The van der Waals surface area contributed by atoms with E-state index in [4.69, 9.17) is 9.50 Å². The molecule has 0 spiro atoms. The zero-order valence-electron chi connectivity index (χ0n) is 17.8. The Hall–Kier alpha value is -3.68. The van der Waals surface area contributed by atoms with E-state index < -0.39 is 7.29 Å². The maximum atomic E-state index is 14.5. The number of hydrogen-bond acceptors (Lipinski definition) is 2. The van der Waals surface area contributed by atoms with Crippen LogP contribution in [0.3, 0.4) is 0 Å². The van der Waals surface area contributed by atoms with E-state index in [-0.39, 0.29) is 0 Å². The van der Waals surface area contributed by atoms with Gasteiger partial charge in [0.15, 0.2) is 0 Å². The largest absolute Gasteiger partial charge is 0.497 e. The van der Waals surface area contributed by atoms with Gasteiger partial charge in [-0.3, -0.25) is 4.57 Å². The number of nitrogens with zero attached hydrogens (tertiary/aromatic N) is 1. The summed E-state index contributed by atoms with van der Waals surface area (Å²) in [6.07, 6.45) is 3.90. The summed E-state index contributed by atoms with van der Waals surface area (Å²) in [6.45, 7) is 0. The van der Waals surface area contributed by atoms with Crippen LogP contribution in [0, 0.1) is 0 Å². The minimum absolute atomic E-state index is 0.664. The molecular formula is C28H24NO2P. The molecule has 0 aromatic heterocycles.